The van der Waals surface area contributed by atoms with Crippen LogP contribution in [0.3, 0.4) is 0 Å². The number of carbonyl (C=O) groups excluding carboxylic acids is 1. The summed E-state index contributed by atoms with van der Waals surface area (Å²) in [5, 5.41) is 0. The van der Waals surface area contributed by atoms with E-state index in [4.69, 9.17) is 9.47 Å². The molecule has 0 bridgehead atoms. The van der Waals surface area contributed by atoms with Crippen molar-refractivity contribution in [2.75, 3.05) is 0 Å². The van der Waals surface area contributed by atoms with Gasteiger partial charge in [-0.25, -0.2) is 0 Å². The zero-order valence-corrected chi connectivity index (χ0v) is 25.3. The van der Waals surface area contributed by atoms with Gasteiger partial charge in [0.25, 0.3) is 0 Å². The average molecular weight is 501 g/mol. The Hall–Kier alpha value is -1.51. The Morgan fingerprint density at radius 1 is 0.833 bits per heavy atom. The Morgan fingerprint density at radius 3 is 1.94 bits per heavy atom. The molecule has 36 heavy (non-hydrogen) atoms. The van der Waals surface area contributed by atoms with E-state index in [0.29, 0.717) is 0 Å². The SMILES string of the molecule is Cc1c(C)c2c(c(C)c1OC(=O)C(C)C)CC[C@](C)(CCCC(C)CCCC(C)CCCC(C)C)O2. The van der Waals surface area contributed by atoms with E-state index in [9.17, 15) is 4.79 Å². The number of carbonyl (C=O) groups is 1. The summed E-state index contributed by atoms with van der Waals surface area (Å²) < 4.78 is 12.5. The van der Waals surface area contributed by atoms with Crippen molar-refractivity contribution in [2.24, 2.45) is 23.7 Å². The summed E-state index contributed by atoms with van der Waals surface area (Å²) in [6.07, 6.45) is 13.9. The van der Waals surface area contributed by atoms with E-state index in [1.807, 2.05) is 20.8 Å². The third-order valence-corrected chi connectivity index (χ3v) is 8.51. The maximum Gasteiger partial charge on any atom is 0.313 e. The number of esters is 1. The second-order valence-corrected chi connectivity index (χ2v) is 13.0. The molecule has 0 saturated carbocycles. The van der Waals surface area contributed by atoms with Crippen LogP contribution in [0.2, 0.25) is 0 Å². The van der Waals surface area contributed by atoms with Gasteiger partial charge in [0.05, 0.1) is 5.92 Å². The normalized spacial score (nSPS) is 19.2. The van der Waals surface area contributed by atoms with Crippen molar-refractivity contribution in [3.63, 3.8) is 0 Å². The third-order valence-electron chi connectivity index (χ3n) is 8.51. The molecular formula is C33H56O3. The molecule has 1 aromatic rings. The fourth-order valence-corrected chi connectivity index (χ4v) is 5.63. The summed E-state index contributed by atoms with van der Waals surface area (Å²) >= 11 is 0. The summed E-state index contributed by atoms with van der Waals surface area (Å²) in [4.78, 5) is 12.3. The van der Waals surface area contributed by atoms with E-state index in [0.717, 1.165) is 65.2 Å². The van der Waals surface area contributed by atoms with E-state index in [-0.39, 0.29) is 17.5 Å². The molecule has 1 aromatic carbocycles. The average Bonchev–Trinajstić information content (AvgIpc) is 2.79. The lowest BCUT2D eigenvalue weighted by Crippen LogP contribution is -2.37. The van der Waals surface area contributed by atoms with Crippen molar-refractivity contribution in [3.05, 3.63) is 22.3 Å². The zero-order valence-electron chi connectivity index (χ0n) is 25.3. The predicted molar refractivity (Wildman–Crippen MR) is 153 cm³/mol. The Labute approximate surface area is 223 Å². The minimum atomic E-state index is -0.170. The van der Waals surface area contributed by atoms with Crippen LogP contribution in [0.25, 0.3) is 0 Å². The topological polar surface area (TPSA) is 35.5 Å². The molecule has 2 rings (SSSR count). The van der Waals surface area contributed by atoms with Crippen LogP contribution < -0.4 is 9.47 Å². The first-order valence-electron chi connectivity index (χ1n) is 14.9. The van der Waals surface area contributed by atoms with Crippen molar-refractivity contribution in [3.8, 4) is 11.5 Å². The first-order valence-corrected chi connectivity index (χ1v) is 14.9. The molecule has 2 unspecified atom stereocenters. The van der Waals surface area contributed by atoms with Gasteiger partial charge in [-0.05, 0) is 87.8 Å². The maximum atomic E-state index is 12.3. The van der Waals surface area contributed by atoms with E-state index >= 15 is 0 Å². The highest BCUT2D eigenvalue weighted by atomic mass is 16.5. The van der Waals surface area contributed by atoms with Crippen LogP contribution in [-0.2, 0) is 11.2 Å². The minimum absolute atomic E-state index is 0.114. The lowest BCUT2D eigenvalue weighted by molar-refractivity contribution is -0.137. The Morgan fingerprint density at radius 2 is 1.39 bits per heavy atom. The van der Waals surface area contributed by atoms with Crippen LogP contribution in [0.1, 0.15) is 135 Å². The van der Waals surface area contributed by atoms with Crippen LogP contribution in [-0.4, -0.2) is 11.6 Å². The van der Waals surface area contributed by atoms with Crippen LogP contribution in [0.4, 0.5) is 0 Å². The van der Waals surface area contributed by atoms with Gasteiger partial charge < -0.3 is 9.47 Å². The maximum absolute atomic E-state index is 12.3. The molecule has 1 heterocycles. The third kappa shape index (κ3) is 8.80. The van der Waals surface area contributed by atoms with Crippen LogP contribution >= 0.6 is 0 Å². The van der Waals surface area contributed by atoms with Gasteiger partial charge in [-0.2, -0.15) is 0 Å². The highest BCUT2D eigenvalue weighted by molar-refractivity contribution is 5.76. The molecule has 0 N–H and O–H groups in total. The van der Waals surface area contributed by atoms with Crippen LogP contribution in [0.15, 0.2) is 0 Å². The van der Waals surface area contributed by atoms with Gasteiger partial charge in [-0.15, -0.1) is 0 Å². The van der Waals surface area contributed by atoms with Gasteiger partial charge in [0.1, 0.15) is 17.1 Å². The summed E-state index contributed by atoms with van der Waals surface area (Å²) in [5.41, 5.74) is 4.31. The van der Waals surface area contributed by atoms with Gasteiger partial charge in [-0.3, -0.25) is 4.79 Å². The highest BCUT2D eigenvalue weighted by Crippen LogP contribution is 2.45. The van der Waals surface area contributed by atoms with Crippen molar-refractivity contribution >= 4 is 5.97 Å². The molecule has 3 heteroatoms. The van der Waals surface area contributed by atoms with E-state index in [1.165, 1.54) is 56.9 Å². The van der Waals surface area contributed by atoms with Gasteiger partial charge in [0, 0.05) is 5.56 Å². The monoisotopic (exact) mass is 500 g/mol. The van der Waals surface area contributed by atoms with E-state index in [1.54, 1.807) is 0 Å². The molecule has 0 fully saturated rings. The van der Waals surface area contributed by atoms with Crippen molar-refractivity contribution in [2.45, 2.75) is 145 Å². The second kappa shape index (κ2) is 13.9. The molecule has 1 aliphatic rings. The first-order chi connectivity index (χ1) is 16.8. The van der Waals surface area contributed by atoms with Gasteiger partial charge in [0.2, 0.25) is 0 Å². The first kappa shape index (κ1) is 30.7. The zero-order chi connectivity index (χ0) is 27.0. The van der Waals surface area contributed by atoms with E-state index < -0.39 is 0 Å². The summed E-state index contributed by atoms with van der Waals surface area (Å²) in [7, 11) is 0. The van der Waals surface area contributed by atoms with Crippen molar-refractivity contribution in [1.29, 1.82) is 0 Å². The van der Waals surface area contributed by atoms with Crippen LogP contribution in [0, 0.1) is 44.4 Å². The lowest BCUT2D eigenvalue weighted by Gasteiger charge is -2.38. The number of ether oxygens (including phenoxy) is 2. The largest absolute Gasteiger partial charge is 0.487 e. The molecular weight excluding hydrogens is 444 g/mol. The number of fused-ring (bicyclic) bond motifs is 1. The fraction of sp³-hybridized carbons (Fsp3) is 0.788. The molecule has 0 aliphatic carbocycles. The Kier molecular flexibility index (Phi) is 11.8. The van der Waals surface area contributed by atoms with Crippen molar-refractivity contribution < 1.29 is 14.3 Å². The fourth-order valence-electron chi connectivity index (χ4n) is 5.63. The second-order valence-electron chi connectivity index (χ2n) is 13.0. The summed E-state index contributed by atoms with van der Waals surface area (Å²) in [6, 6.07) is 0. The number of rotatable bonds is 14. The molecule has 0 saturated heterocycles. The summed E-state index contributed by atoms with van der Waals surface area (Å²) in [5.74, 6) is 3.95. The number of benzene rings is 1. The molecule has 0 spiro atoms. The van der Waals surface area contributed by atoms with E-state index in [2.05, 4.69) is 48.5 Å². The van der Waals surface area contributed by atoms with Crippen LogP contribution in [0.5, 0.6) is 11.5 Å². The van der Waals surface area contributed by atoms with Gasteiger partial charge in [-0.1, -0.05) is 86.5 Å². The van der Waals surface area contributed by atoms with Gasteiger partial charge >= 0.3 is 5.97 Å². The quantitative estimate of drug-likeness (QED) is 0.188. The standard InChI is InChI=1S/C33H56O3/c1-22(2)14-11-15-24(5)16-12-17-25(6)18-13-20-33(10)21-19-29-28(9)30(35-32(34)23(3)4)26(7)27(8)31(29)36-33/h22-25H,11-21H2,1-10H3/t24?,25?,33-/m0/s1. The molecule has 3 atom stereocenters. The number of hydrogen-bond donors (Lipinski definition) is 0. The Balaban J connectivity index is 1.86. The molecule has 1 aliphatic heterocycles. The molecule has 206 valence electrons. The molecule has 3 nitrogen and oxygen atoms in total. The lowest BCUT2D eigenvalue weighted by atomic mass is 9.83. The molecule has 0 aromatic heterocycles. The predicted octanol–water partition coefficient (Wildman–Crippen LogP) is 9.70. The Bertz CT molecular complexity index is 853. The highest BCUT2D eigenvalue weighted by Gasteiger charge is 2.35. The van der Waals surface area contributed by atoms with Crippen molar-refractivity contribution in [1.82, 2.24) is 0 Å². The van der Waals surface area contributed by atoms with Gasteiger partial charge in [0.15, 0.2) is 0 Å². The smallest absolute Gasteiger partial charge is 0.313 e. The summed E-state index contributed by atoms with van der Waals surface area (Å²) in [6.45, 7) is 21.8. The molecule has 0 radical (unpaired) electrons. The minimum Gasteiger partial charge on any atom is -0.487 e. The number of hydrogen-bond acceptors (Lipinski definition) is 3. The molecule has 0 amide bonds.